The largest absolute Gasteiger partial charge is 0.447 e. The minimum Gasteiger partial charge on any atom is -0.447 e. The second-order valence-corrected chi connectivity index (χ2v) is 8.21. The summed E-state index contributed by atoms with van der Waals surface area (Å²) in [4.78, 5) is 9.00. The van der Waals surface area contributed by atoms with Crippen molar-refractivity contribution in [2.24, 2.45) is 5.10 Å². The van der Waals surface area contributed by atoms with Crippen LogP contribution in [0.25, 0.3) is 0 Å². The van der Waals surface area contributed by atoms with E-state index in [1.807, 2.05) is 19.8 Å². The minimum absolute atomic E-state index is 0.0333. The zero-order chi connectivity index (χ0) is 19.6. The Morgan fingerprint density at radius 2 is 2.22 bits per heavy atom. The first-order valence-electron chi connectivity index (χ1n) is 7.77. The Kier molecular flexibility index (Phi) is 6.12. The third-order valence-electron chi connectivity index (χ3n) is 3.61. The van der Waals surface area contributed by atoms with Gasteiger partial charge in [0.2, 0.25) is 12.1 Å². The Balaban J connectivity index is 1.71. The molecule has 0 bridgehead atoms. The maximum absolute atomic E-state index is 13.6. The van der Waals surface area contributed by atoms with Gasteiger partial charge in [0.15, 0.2) is 5.91 Å². The summed E-state index contributed by atoms with van der Waals surface area (Å²) >= 11 is 2.74. The molecule has 0 aromatic carbocycles. The van der Waals surface area contributed by atoms with Gasteiger partial charge in [-0.15, -0.1) is 16.4 Å². The summed E-state index contributed by atoms with van der Waals surface area (Å²) in [5, 5.41) is 4.54. The molecule has 1 N–H and O–H groups in total. The number of nitrogens with zero attached hydrogens (tertiary/aromatic N) is 4. The van der Waals surface area contributed by atoms with Gasteiger partial charge in [0.25, 0.3) is 5.92 Å². The summed E-state index contributed by atoms with van der Waals surface area (Å²) in [5.74, 6) is -4.37. The molecule has 6 nitrogen and oxygen atoms in total. The highest BCUT2D eigenvalue weighted by molar-refractivity contribution is 7.99. The minimum atomic E-state index is -2.96. The molecule has 1 aliphatic rings. The monoisotopic (exact) mass is 435 g/mol. The molecule has 27 heavy (non-hydrogen) atoms. The van der Waals surface area contributed by atoms with E-state index in [1.165, 1.54) is 35.5 Å². The Morgan fingerprint density at radius 3 is 2.85 bits per heavy atom. The van der Waals surface area contributed by atoms with Crippen LogP contribution in [0.5, 0.6) is 0 Å². The normalized spacial score (nSPS) is 17.9. The number of thiazole rings is 1. The highest BCUT2D eigenvalue weighted by atomic mass is 32.2. The van der Waals surface area contributed by atoms with Crippen molar-refractivity contribution in [2.75, 3.05) is 10.6 Å². The number of hydrogen-bond donors (Lipinski definition) is 1. The average Bonchev–Trinajstić information content (AvgIpc) is 3.28. The molecule has 3 rings (SSSR count). The van der Waals surface area contributed by atoms with Crippen molar-refractivity contribution in [3.63, 3.8) is 0 Å². The number of alkyl halides is 3. The fourth-order valence-electron chi connectivity index (χ4n) is 2.25. The molecule has 3 heterocycles. The molecule has 2 aromatic rings. The molecule has 0 saturated carbocycles. The van der Waals surface area contributed by atoms with Gasteiger partial charge in [-0.3, -0.25) is 10.4 Å². The molecule has 0 amide bonds. The molecule has 12 heteroatoms. The van der Waals surface area contributed by atoms with E-state index in [0.717, 1.165) is 23.0 Å². The van der Waals surface area contributed by atoms with Crippen molar-refractivity contribution in [1.29, 1.82) is 0 Å². The molecule has 0 radical (unpaired) electrons. The van der Waals surface area contributed by atoms with Gasteiger partial charge in [-0.2, -0.15) is 0 Å². The summed E-state index contributed by atoms with van der Waals surface area (Å²) < 4.78 is 47.5. The van der Waals surface area contributed by atoms with Gasteiger partial charge in [-0.05, 0) is 6.07 Å². The van der Waals surface area contributed by atoms with Gasteiger partial charge in [0.05, 0.1) is 23.3 Å². The van der Waals surface area contributed by atoms with Crippen LogP contribution >= 0.6 is 32.5 Å². The van der Waals surface area contributed by atoms with Gasteiger partial charge in [0, 0.05) is 31.1 Å². The lowest BCUT2D eigenvalue weighted by Crippen LogP contribution is -2.15. The summed E-state index contributed by atoms with van der Waals surface area (Å²) in [5.41, 5.74) is 3.12. The van der Waals surface area contributed by atoms with E-state index in [4.69, 9.17) is 4.74 Å². The highest BCUT2D eigenvalue weighted by Gasteiger charge is 2.28. The van der Waals surface area contributed by atoms with Crippen LogP contribution in [0.15, 0.2) is 29.8 Å². The van der Waals surface area contributed by atoms with E-state index in [0.29, 0.717) is 12.2 Å². The zero-order valence-electron chi connectivity index (χ0n) is 14.4. The number of hydrazone groups is 1. The Labute approximate surface area is 164 Å². The van der Waals surface area contributed by atoms with E-state index in [-0.39, 0.29) is 11.5 Å². The standard InChI is InChI=1S/C15H17F3N5OPS2/c1-15(17,18)8-3-9(5-19-4-8)23(26-2)7-11-20-6-10(27-11)13-21-22-14(24-13)12(16)25/h3-6,12-13,21H,7,25H2,1-2H3. The van der Waals surface area contributed by atoms with Crippen molar-refractivity contribution in [3.05, 3.63) is 40.1 Å². The molecule has 3 atom stereocenters. The lowest BCUT2D eigenvalue weighted by molar-refractivity contribution is 0.0171. The topological polar surface area (TPSA) is 62.6 Å². The Morgan fingerprint density at radius 1 is 1.44 bits per heavy atom. The van der Waals surface area contributed by atoms with Crippen LogP contribution in [0.1, 0.15) is 28.6 Å². The van der Waals surface area contributed by atoms with Gasteiger partial charge in [-0.25, -0.2) is 18.2 Å². The molecular formula is C15H17F3N5OPS2. The lowest BCUT2D eigenvalue weighted by atomic mass is 10.1. The van der Waals surface area contributed by atoms with Crippen molar-refractivity contribution >= 4 is 44.1 Å². The first-order valence-corrected chi connectivity index (χ1v) is 10.4. The summed E-state index contributed by atoms with van der Waals surface area (Å²) in [6, 6.07) is 1.42. The number of halogens is 3. The predicted octanol–water partition coefficient (Wildman–Crippen LogP) is 4.04. The molecular weight excluding hydrogens is 418 g/mol. The van der Waals surface area contributed by atoms with E-state index >= 15 is 0 Å². The fourth-order valence-corrected chi connectivity index (χ4v) is 3.93. The molecule has 0 saturated heterocycles. The SMILES string of the molecule is CSN(Cc1ncc(C2NN=C(C(F)P)O2)s1)c1cncc(C(C)(F)F)c1. The smallest absolute Gasteiger partial charge is 0.272 e. The van der Waals surface area contributed by atoms with Gasteiger partial charge in [0.1, 0.15) is 5.01 Å². The fraction of sp³-hybridized carbons (Fsp3) is 0.400. The first-order chi connectivity index (χ1) is 12.8. The van der Waals surface area contributed by atoms with Crippen molar-refractivity contribution in [1.82, 2.24) is 15.4 Å². The number of ether oxygens (including phenoxy) is 1. The maximum atomic E-state index is 13.6. The summed E-state index contributed by atoms with van der Waals surface area (Å²) in [6.45, 7) is 1.23. The third kappa shape index (κ3) is 4.83. The predicted molar refractivity (Wildman–Crippen MR) is 105 cm³/mol. The van der Waals surface area contributed by atoms with Crippen LogP contribution in [0, 0.1) is 0 Å². The van der Waals surface area contributed by atoms with Crippen molar-refractivity contribution < 1.29 is 17.9 Å². The molecule has 1 aliphatic heterocycles. The van der Waals surface area contributed by atoms with Crippen LogP contribution in [-0.2, 0) is 17.2 Å². The van der Waals surface area contributed by atoms with Crippen LogP contribution in [-0.4, -0.2) is 28.0 Å². The second-order valence-electron chi connectivity index (χ2n) is 5.67. The van der Waals surface area contributed by atoms with Gasteiger partial charge in [-0.1, -0.05) is 21.2 Å². The summed E-state index contributed by atoms with van der Waals surface area (Å²) in [7, 11) is 1.97. The number of rotatable bonds is 7. The van der Waals surface area contributed by atoms with Crippen LogP contribution < -0.4 is 9.73 Å². The molecule has 0 aliphatic carbocycles. The number of anilines is 1. The number of pyridine rings is 1. The highest BCUT2D eigenvalue weighted by Crippen LogP contribution is 2.32. The van der Waals surface area contributed by atoms with Crippen LogP contribution in [0.3, 0.4) is 0 Å². The van der Waals surface area contributed by atoms with E-state index in [9.17, 15) is 13.2 Å². The lowest BCUT2D eigenvalue weighted by Gasteiger charge is -2.21. The maximum Gasteiger partial charge on any atom is 0.272 e. The second kappa shape index (κ2) is 8.20. The average molecular weight is 435 g/mol. The summed E-state index contributed by atoms with van der Waals surface area (Å²) in [6.07, 6.45) is 5.57. The van der Waals surface area contributed by atoms with E-state index < -0.39 is 18.1 Å². The number of aromatic nitrogens is 2. The molecule has 0 fully saturated rings. The Bertz CT molecular complexity index is 830. The third-order valence-corrected chi connectivity index (χ3v) is 5.71. The quantitative estimate of drug-likeness (QED) is 0.523. The van der Waals surface area contributed by atoms with E-state index in [2.05, 4.69) is 20.5 Å². The first kappa shape index (κ1) is 20.2. The number of hydrogen-bond acceptors (Lipinski definition) is 8. The van der Waals surface area contributed by atoms with Crippen LogP contribution in [0.2, 0.25) is 0 Å². The molecule has 0 spiro atoms. The Hall–Kier alpha value is -1.58. The molecule has 146 valence electrons. The van der Waals surface area contributed by atoms with Crippen molar-refractivity contribution in [3.8, 4) is 0 Å². The van der Waals surface area contributed by atoms with Gasteiger partial charge < -0.3 is 9.04 Å². The number of nitrogens with one attached hydrogen (secondary N) is 1. The molecule has 2 aromatic heterocycles. The van der Waals surface area contributed by atoms with Crippen LogP contribution in [0.4, 0.5) is 18.9 Å². The van der Waals surface area contributed by atoms with E-state index in [1.54, 1.807) is 6.20 Å². The molecule has 3 unspecified atom stereocenters. The van der Waals surface area contributed by atoms with Gasteiger partial charge >= 0.3 is 0 Å². The zero-order valence-corrected chi connectivity index (χ0v) is 17.2. The van der Waals surface area contributed by atoms with Crippen molar-refractivity contribution in [2.45, 2.75) is 31.5 Å².